The monoisotopic (exact) mass is 373 g/mol. The Morgan fingerprint density at radius 2 is 1.88 bits per heavy atom. The summed E-state index contributed by atoms with van der Waals surface area (Å²) in [7, 11) is 0. The van der Waals surface area contributed by atoms with Gasteiger partial charge in [-0.05, 0) is 24.0 Å². The van der Waals surface area contributed by atoms with Crippen molar-refractivity contribution in [1.29, 1.82) is 0 Å². The summed E-state index contributed by atoms with van der Waals surface area (Å²) < 4.78 is 2.05. The van der Waals surface area contributed by atoms with Crippen molar-refractivity contribution >= 4 is 34.5 Å². The molecule has 0 spiro atoms. The molecule has 2 fully saturated rings. The first-order chi connectivity index (χ1) is 12.2. The van der Waals surface area contributed by atoms with Crippen LogP contribution < -0.4 is 10.2 Å². The molecule has 2 unspecified atom stereocenters. The van der Waals surface area contributed by atoms with Gasteiger partial charge in [-0.15, -0.1) is 0 Å². The molecule has 2 saturated heterocycles. The molecular weight excluding hydrogens is 357 g/mol. The van der Waals surface area contributed by atoms with Crippen LogP contribution in [0.15, 0.2) is 36.8 Å². The van der Waals surface area contributed by atoms with Crippen molar-refractivity contribution in [3.05, 3.63) is 46.8 Å². The highest BCUT2D eigenvalue weighted by molar-refractivity contribution is 6.43. The Balaban J connectivity index is 1.60. The number of benzene rings is 1. The summed E-state index contributed by atoms with van der Waals surface area (Å²) in [6.07, 6.45) is 5.64. The van der Waals surface area contributed by atoms with Crippen molar-refractivity contribution in [2.75, 3.05) is 31.1 Å². The van der Waals surface area contributed by atoms with E-state index in [0.717, 1.165) is 48.9 Å². The molecule has 1 N–H and O–H groups in total. The zero-order valence-corrected chi connectivity index (χ0v) is 15.0. The number of nitrogens with one attached hydrogen (secondary N) is 1. The molecule has 0 bridgehead atoms. The number of halogens is 2. The third-order valence-electron chi connectivity index (χ3n) is 5.32. The highest BCUT2D eigenvalue weighted by atomic mass is 35.5. The van der Waals surface area contributed by atoms with Gasteiger partial charge in [0.15, 0.2) is 5.82 Å². The fourth-order valence-corrected chi connectivity index (χ4v) is 4.45. The molecule has 2 aromatic heterocycles. The number of anilines is 1. The summed E-state index contributed by atoms with van der Waals surface area (Å²) in [6, 6.07) is 5.61. The third kappa shape index (κ3) is 2.41. The van der Waals surface area contributed by atoms with E-state index >= 15 is 0 Å². The molecule has 7 heteroatoms. The van der Waals surface area contributed by atoms with Gasteiger partial charge in [-0.25, -0.2) is 9.97 Å². The van der Waals surface area contributed by atoms with E-state index in [9.17, 15) is 0 Å². The minimum absolute atomic E-state index is 0.525. The number of rotatable bonds is 2. The van der Waals surface area contributed by atoms with E-state index in [2.05, 4.69) is 20.2 Å². The van der Waals surface area contributed by atoms with Crippen molar-refractivity contribution in [2.24, 2.45) is 11.8 Å². The molecule has 1 aromatic carbocycles. The van der Waals surface area contributed by atoms with Gasteiger partial charge in [0.1, 0.15) is 11.3 Å². The number of nitrogens with zero attached hydrogens (tertiary/aromatic N) is 4. The van der Waals surface area contributed by atoms with Gasteiger partial charge >= 0.3 is 0 Å². The molecule has 4 heterocycles. The first-order valence-electron chi connectivity index (χ1n) is 8.44. The minimum Gasteiger partial charge on any atom is -0.354 e. The first kappa shape index (κ1) is 15.4. The Morgan fingerprint density at radius 3 is 2.68 bits per heavy atom. The molecule has 2 aliphatic rings. The molecule has 0 aliphatic carbocycles. The van der Waals surface area contributed by atoms with E-state index in [1.165, 1.54) is 0 Å². The summed E-state index contributed by atoms with van der Waals surface area (Å²) >= 11 is 12.6. The van der Waals surface area contributed by atoms with E-state index in [1.54, 1.807) is 6.07 Å². The quantitative estimate of drug-likeness (QED) is 0.747. The van der Waals surface area contributed by atoms with Crippen molar-refractivity contribution in [3.8, 4) is 11.4 Å². The van der Waals surface area contributed by atoms with E-state index in [4.69, 9.17) is 23.2 Å². The highest BCUT2D eigenvalue weighted by Crippen LogP contribution is 2.35. The lowest BCUT2D eigenvalue weighted by Crippen LogP contribution is -2.26. The molecule has 128 valence electrons. The van der Waals surface area contributed by atoms with Crippen molar-refractivity contribution in [2.45, 2.75) is 0 Å². The zero-order chi connectivity index (χ0) is 17.0. The van der Waals surface area contributed by atoms with Crippen LogP contribution in [0.4, 0.5) is 5.82 Å². The fourth-order valence-electron chi connectivity index (χ4n) is 4.06. The van der Waals surface area contributed by atoms with Gasteiger partial charge in [0.2, 0.25) is 0 Å². The lowest BCUT2D eigenvalue weighted by atomic mass is 10.0. The van der Waals surface area contributed by atoms with Crippen LogP contribution in [0.5, 0.6) is 0 Å². The number of fused-ring (bicyclic) bond motifs is 2. The van der Waals surface area contributed by atoms with Gasteiger partial charge in [-0.1, -0.05) is 29.3 Å². The Morgan fingerprint density at radius 1 is 1.08 bits per heavy atom. The van der Waals surface area contributed by atoms with Gasteiger partial charge in [0.05, 0.1) is 16.2 Å². The first-order valence-corrected chi connectivity index (χ1v) is 9.20. The Hall–Kier alpha value is -1.82. The summed E-state index contributed by atoms with van der Waals surface area (Å²) in [6.45, 7) is 4.30. The van der Waals surface area contributed by atoms with Crippen LogP contribution in [0, 0.1) is 11.8 Å². The van der Waals surface area contributed by atoms with Crippen LogP contribution in [0.3, 0.4) is 0 Å². The Labute approximate surface area is 155 Å². The van der Waals surface area contributed by atoms with Crippen molar-refractivity contribution in [3.63, 3.8) is 0 Å². The average molecular weight is 374 g/mol. The second kappa shape index (κ2) is 5.87. The molecule has 3 aromatic rings. The van der Waals surface area contributed by atoms with Gasteiger partial charge in [-0.2, -0.15) is 0 Å². The highest BCUT2D eigenvalue weighted by Gasteiger charge is 2.37. The van der Waals surface area contributed by atoms with Crippen molar-refractivity contribution < 1.29 is 0 Å². The summed E-state index contributed by atoms with van der Waals surface area (Å²) in [5.41, 5.74) is 1.83. The molecule has 5 rings (SSSR count). The molecule has 5 nitrogen and oxygen atoms in total. The molecule has 0 radical (unpaired) electrons. The Bertz CT molecular complexity index is 942. The van der Waals surface area contributed by atoms with Crippen LogP contribution in [0.2, 0.25) is 10.0 Å². The number of imidazole rings is 1. The summed E-state index contributed by atoms with van der Waals surface area (Å²) in [5.74, 6) is 3.21. The van der Waals surface area contributed by atoms with Crippen molar-refractivity contribution in [1.82, 2.24) is 19.7 Å². The topological polar surface area (TPSA) is 45.5 Å². The zero-order valence-electron chi connectivity index (χ0n) is 13.5. The van der Waals surface area contributed by atoms with E-state index in [0.29, 0.717) is 21.9 Å². The molecule has 2 atom stereocenters. The van der Waals surface area contributed by atoms with Gasteiger partial charge in [-0.3, -0.25) is 4.40 Å². The van der Waals surface area contributed by atoms with Crippen LogP contribution in [-0.2, 0) is 0 Å². The fraction of sp³-hybridized carbons (Fsp3) is 0.333. The summed E-state index contributed by atoms with van der Waals surface area (Å²) in [4.78, 5) is 11.6. The SMILES string of the molecule is Clc1cccc(-c2ncc3c(N4CC5CNCC5C4)nccn23)c1Cl. The molecular formula is C18H17Cl2N5. The number of aromatic nitrogens is 3. The average Bonchev–Trinajstić information content (AvgIpc) is 3.31. The Kier molecular flexibility index (Phi) is 3.62. The van der Waals surface area contributed by atoms with E-state index in [-0.39, 0.29) is 0 Å². The second-order valence-corrected chi connectivity index (χ2v) is 7.56. The second-order valence-electron chi connectivity index (χ2n) is 6.77. The minimum atomic E-state index is 0.525. The largest absolute Gasteiger partial charge is 0.354 e. The maximum absolute atomic E-state index is 6.40. The normalized spacial score (nSPS) is 22.7. The summed E-state index contributed by atoms with van der Waals surface area (Å²) in [5, 5.41) is 4.54. The van der Waals surface area contributed by atoms with Gasteiger partial charge in [0.25, 0.3) is 0 Å². The molecule has 25 heavy (non-hydrogen) atoms. The van der Waals surface area contributed by atoms with Gasteiger partial charge < -0.3 is 10.2 Å². The number of hydrogen-bond donors (Lipinski definition) is 1. The standard InChI is InChI=1S/C18H17Cl2N5/c19-14-3-1-2-13(16(14)20)17-23-8-15-18(22-4-5-25(15)17)24-9-11-6-21-7-12(11)10-24/h1-5,8,11-12,21H,6-7,9-10H2. The van der Waals surface area contributed by atoms with Crippen LogP contribution in [0.1, 0.15) is 0 Å². The molecule has 0 saturated carbocycles. The predicted molar refractivity (Wildman–Crippen MR) is 101 cm³/mol. The van der Waals surface area contributed by atoms with E-state index in [1.807, 2.05) is 35.1 Å². The van der Waals surface area contributed by atoms with Crippen LogP contribution >= 0.6 is 23.2 Å². The third-order valence-corrected chi connectivity index (χ3v) is 6.14. The lowest BCUT2D eigenvalue weighted by Gasteiger charge is -2.19. The van der Waals surface area contributed by atoms with Gasteiger partial charge in [0, 0.05) is 44.1 Å². The maximum Gasteiger partial charge on any atom is 0.154 e. The molecule has 0 amide bonds. The van der Waals surface area contributed by atoms with E-state index < -0.39 is 0 Å². The smallest absolute Gasteiger partial charge is 0.154 e. The molecule has 2 aliphatic heterocycles. The maximum atomic E-state index is 6.40. The van der Waals surface area contributed by atoms with Crippen LogP contribution in [0.25, 0.3) is 16.9 Å². The van der Waals surface area contributed by atoms with Crippen LogP contribution in [-0.4, -0.2) is 40.5 Å². The lowest BCUT2D eigenvalue weighted by molar-refractivity contribution is 0.533. The number of hydrogen-bond acceptors (Lipinski definition) is 4. The predicted octanol–water partition coefficient (Wildman–Crippen LogP) is 3.36.